The van der Waals surface area contributed by atoms with Crippen molar-refractivity contribution in [3.8, 4) is 0 Å². The van der Waals surface area contributed by atoms with Crippen molar-refractivity contribution in [3.63, 3.8) is 0 Å². The van der Waals surface area contributed by atoms with Crippen molar-refractivity contribution in [3.05, 3.63) is 33.8 Å². The second-order valence-corrected chi connectivity index (χ2v) is 10.9. The van der Waals surface area contributed by atoms with E-state index in [1.54, 1.807) is 0 Å². The maximum atomic E-state index is 12.8. The molecule has 21 heteroatoms. The molecule has 2 aromatic rings. The number of primary amides is 1. The highest BCUT2D eigenvalue weighted by molar-refractivity contribution is 7.86. The fraction of sp³-hybridized carbons (Fsp3) is 0.167. The van der Waals surface area contributed by atoms with Gasteiger partial charge in [-0.05, 0) is 49.2 Å². The average molecular weight is 623 g/mol. The number of hydrazone groups is 1. The van der Waals surface area contributed by atoms with Crippen molar-refractivity contribution >= 4 is 84.2 Å². The Morgan fingerprint density at radius 1 is 1.00 bits per heavy atom. The van der Waals surface area contributed by atoms with Crippen LogP contribution in [0.4, 0.5) is 17.3 Å². The normalized spacial score (nSPS) is 15.6. The van der Waals surface area contributed by atoms with Crippen LogP contribution in [0.1, 0.15) is 13.8 Å². The Kier molecular flexibility index (Phi) is 8.24. The van der Waals surface area contributed by atoms with Gasteiger partial charge in [0.1, 0.15) is 15.4 Å². The Morgan fingerprint density at radius 2 is 1.54 bits per heavy atom. The van der Waals surface area contributed by atoms with Crippen molar-refractivity contribution in [2.24, 2.45) is 10.8 Å². The van der Waals surface area contributed by atoms with Crippen LogP contribution in [0.3, 0.4) is 0 Å². The molecule has 2 heterocycles. The Balaban J connectivity index is 2.25. The van der Waals surface area contributed by atoms with Gasteiger partial charge in [0.15, 0.2) is 5.71 Å². The fourth-order valence-electron chi connectivity index (χ4n) is 3.29. The summed E-state index contributed by atoms with van der Waals surface area (Å²) in [4.78, 5) is 46.4. The van der Waals surface area contributed by atoms with E-state index in [4.69, 9.17) is 28.9 Å². The standard InChI is InChI=1S/C18H16Cl2N8O9S2/c1-3-28-14(30)11(13(21)29)6(2)12(15(28)31)27-26-8-4-7(22-18-24-16(19)23-17(20)25-18)9(38(32,33)34)5-10(8)39(35,36)37/h4-5,26H,3H2,1-2H3,(H2,21,29)(H,32,33,34)(H,35,36,37)(H,22,23,24,25). The van der Waals surface area contributed by atoms with Crippen LogP contribution in [-0.4, -0.2) is 75.8 Å². The lowest BCUT2D eigenvalue weighted by molar-refractivity contribution is -0.139. The third-order valence-corrected chi connectivity index (χ3v) is 7.08. The van der Waals surface area contributed by atoms with Gasteiger partial charge in [-0.1, -0.05) is 0 Å². The number of benzene rings is 1. The molecule has 39 heavy (non-hydrogen) atoms. The lowest BCUT2D eigenvalue weighted by Crippen LogP contribution is -2.49. The van der Waals surface area contributed by atoms with E-state index in [2.05, 4.69) is 30.8 Å². The molecule has 0 spiro atoms. The van der Waals surface area contributed by atoms with E-state index in [1.165, 1.54) is 13.8 Å². The fourth-order valence-corrected chi connectivity index (χ4v) is 5.04. The number of anilines is 3. The molecule has 0 fully saturated rings. The number of aromatic nitrogens is 3. The molecular formula is C18H16Cl2N8O9S2. The van der Waals surface area contributed by atoms with Crippen molar-refractivity contribution in [1.82, 2.24) is 19.9 Å². The molecule has 0 saturated carbocycles. The number of likely N-dealkylation sites (N-methyl/N-ethyl adjacent to an activating group) is 1. The number of nitrogens with one attached hydrogen (secondary N) is 2. The summed E-state index contributed by atoms with van der Waals surface area (Å²) < 4.78 is 67.5. The van der Waals surface area contributed by atoms with Crippen LogP contribution < -0.4 is 16.5 Å². The van der Waals surface area contributed by atoms with Gasteiger partial charge in [-0.25, -0.2) is 0 Å². The SMILES string of the molecule is CCN1C(=O)C(=NNc2cc(Nc3nc(Cl)nc(Cl)n3)c(S(=O)(=O)O)cc2S(=O)(=O)O)C(C)=C(C(N)=O)C1=O. The van der Waals surface area contributed by atoms with Crippen LogP contribution in [0.5, 0.6) is 0 Å². The molecule has 0 unspecified atom stereocenters. The van der Waals surface area contributed by atoms with Gasteiger partial charge in [-0.15, -0.1) is 0 Å². The first kappa shape index (κ1) is 29.8. The highest BCUT2D eigenvalue weighted by atomic mass is 35.5. The van der Waals surface area contributed by atoms with Gasteiger partial charge in [-0.3, -0.25) is 33.8 Å². The summed E-state index contributed by atoms with van der Waals surface area (Å²) in [6.45, 7) is 2.45. The summed E-state index contributed by atoms with van der Waals surface area (Å²) in [6.07, 6.45) is 0. The molecule has 0 bridgehead atoms. The number of amides is 3. The Labute approximate surface area is 229 Å². The second kappa shape index (κ2) is 10.8. The molecule has 1 aliphatic heterocycles. The number of imide groups is 1. The number of nitrogens with two attached hydrogens (primary N) is 1. The van der Waals surface area contributed by atoms with Gasteiger partial charge >= 0.3 is 0 Å². The van der Waals surface area contributed by atoms with E-state index >= 15 is 0 Å². The molecule has 3 rings (SSSR count). The molecule has 1 aliphatic rings. The molecule has 6 N–H and O–H groups in total. The third-order valence-electron chi connectivity index (χ3n) is 4.95. The minimum Gasteiger partial charge on any atom is -0.365 e. The number of nitrogens with zero attached hydrogens (tertiary/aromatic N) is 5. The molecule has 0 saturated heterocycles. The molecule has 3 amide bonds. The summed E-state index contributed by atoms with van der Waals surface area (Å²) >= 11 is 11.4. The van der Waals surface area contributed by atoms with Crippen molar-refractivity contribution in [2.75, 3.05) is 17.3 Å². The number of hydrogen-bond acceptors (Lipinski definition) is 13. The number of rotatable bonds is 8. The Morgan fingerprint density at radius 3 is 2.03 bits per heavy atom. The van der Waals surface area contributed by atoms with Gasteiger partial charge in [0.2, 0.25) is 16.5 Å². The molecule has 0 aliphatic carbocycles. The highest BCUT2D eigenvalue weighted by Gasteiger charge is 2.38. The van der Waals surface area contributed by atoms with Crippen LogP contribution in [0.2, 0.25) is 10.6 Å². The first-order chi connectivity index (χ1) is 17.9. The molecule has 17 nitrogen and oxygen atoms in total. The number of hydrogen-bond donors (Lipinski definition) is 5. The minimum absolute atomic E-state index is 0.175. The summed E-state index contributed by atoms with van der Waals surface area (Å²) in [5, 5.41) is 5.31. The monoisotopic (exact) mass is 622 g/mol. The molecule has 0 atom stereocenters. The predicted octanol–water partition coefficient (Wildman–Crippen LogP) is 0.374. The minimum atomic E-state index is -5.20. The average Bonchev–Trinajstić information content (AvgIpc) is 2.76. The third kappa shape index (κ3) is 6.29. The zero-order valence-corrected chi connectivity index (χ0v) is 22.6. The van der Waals surface area contributed by atoms with Gasteiger partial charge in [0, 0.05) is 12.1 Å². The Bertz CT molecular complexity index is 1690. The lowest BCUT2D eigenvalue weighted by atomic mass is 9.97. The summed E-state index contributed by atoms with van der Waals surface area (Å²) in [5.74, 6) is -3.54. The topological polar surface area (TPSA) is 264 Å². The molecule has 208 valence electrons. The van der Waals surface area contributed by atoms with Crippen LogP contribution in [0.25, 0.3) is 0 Å². The predicted molar refractivity (Wildman–Crippen MR) is 135 cm³/mol. The molecule has 0 radical (unpaired) electrons. The van der Waals surface area contributed by atoms with Crippen LogP contribution in [-0.2, 0) is 34.6 Å². The molecule has 1 aromatic carbocycles. The van der Waals surface area contributed by atoms with E-state index < -0.39 is 86.9 Å². The van der Waals surface area contributed by atoms with Crippen LogP contribution >= 0.6 is 23.2 Å². The van der Waals surface area contributed by atoms with E-state index in [0.29, 0.717) is 11.0 Å². The quantitative estimate of drug-likeness (QED) is 0.115. The van der Waals surface area contributed by atoms with Crippen molar-refractivity contribution in [1.29, 1.82) is 0 Å². The van der Waals surface area contributed by atoms with Gasteiger partial charge < -0.3 is 11.1 Å². The maximum absolute atomic E-state index is 12.8. The first-order valence-corrected chi connectivity index (χ1v) is 13.8. The Hall–Kier alpha value is -3.75. The van der Waals surface area contributed by atoms with E-state index in [0.717, 1.165) is 6.07 Å². The van der Waals surface area contributed by atoms with Crippen LogP contribution in [0.15, 0.2) is 38.2 Å². The summed E-state index contributed by atoms with van der Waals surface area (Å²) in [5.41, 5.74) is 4.89. The number of halogens is 2. The van der Waals surface area contributed by atoms with E-state index in [9.17, 15) is 40.3 Å². The second-order valence-electron chi connectivity index (χ2n) is 7.41. The highest BCUT2D eigenvalue weighted by Crippen LogP contribution is 2.34. The van der Waals surface area contributed by atoms with Gasteiger partial charge in [-0.2, -0.15) is 36.9 Å². The first-order valence-electron chi connectivity index (χ1n) is 10.1. The smallest absolute Gasteiger partial charge is 0.296 e. The number of carbonyl (C=O) groups is 3. The van der Waals surface area contributed by atoms with Crippen molar-refractivity contribution in [2.45, 2.75) is 23.6 Å². The zero-order valence-electron chi connectivity index (χ0n) is 19.5. The number of carbonyl (C=O) groups excluding carboxylic acids is 3. The maximum Gasteiger partial charge on any atom is 0.296 e. The van der Waals surface area contributed by atoms with E-state index in [1.807, 2.05) is 0 Å². The molecule has 1 aromatic heterocycles. The summed E-state index contributed by atoms with van der Waals surface area (Å²) in [6, 6.07) is 1.11. The van der Waals surface area contributed by atoms with Crippen molar-refractivity contribution < 1.29 is 40.3 Å². The largest absolute Gasteiger partial charge is 0.365 e. The summed E-state index contributed by atoms with van der Waals surface area (Å²) in [7, 11) is -10.4. The lowest BCUT2D eigenvalue weighted by Gasteiger charge is -2.26. The van der Waals surface area contributed by atoms with E-state index in [-0.39, 0.29) is 12.1 Å². The van der Waals surface area contributed by atoms with Crippen LogP contribution in [0, 0.1) is 0 Å². The zero-order chi connectivity index (χ0) is 29.4. The van der Waals surface area contributed by atoms with Gasteiger partial charge in [0.05, 0.1) is 11.4 Å². The molecular weight excluding hydrogens is 607 g/mol. The van der Waals surface area contributed by atoms with Gasteiger partial charge in [0.25, 0.3) is 38.0 Å².